The largest absolute Gasteiger partial charge is 0.491 e. The molecule has 2 N–H and O–H groups in total. The average Bonchev–Trinajstić information content (AvgIpc) is 3.40. The Bertz CT molecular complexity index is 1100. The third-order valence-corrected chi connectivity index (χ3v) is 5.61. The number of amides is 2. The average molecular weight is 460 g/mol. The number of carbonyl (C=O) groups is 2. The number of anilines is 3. The van der Waals surface area contributed by atoms with Crippen molar-refractivity contribution in [3.8, 4) is 5.75 Å². The maximum absolute atomic E-state index is 12.7. The van der Waals surface area contributed by atoms with Gasteiger partial charge in [-0.05, 0) is 61.4 Å². The number of ether oxygens (including phenoxy) is 2. The highest BCUT2D eigenvalue weighted by Crippen LogP contribution is 2.20. The Morgan fingerprint density at radius 2 is 1.79 bits per heavy atom. The van der Waals surface area contributed by atoms with Crippen LogP contribution in [-0.2, 0) is 9.53 Å². The van der Waals surface area contributed by atoms with Crippen molar-refractivity contribution in [1.82, 2.24) is 0 Å². The molecule has 1 atom stereocenters. The lowest BCUT2D eigenvalue weighted by Crippen LogP contribution is -2.26. The van der Waals surface area contributed by atoms with Crippen molar-refractivity contribution in [1.29, 1.82) is 0 Å². The third-order valence-electron chi connectivity index (χ3n) is 5.61. The monoisotopic (exact) mass is 459 g/mol. The molecule has 34 heavy (non-hydrogen) atoms. The van der Waals surface area contributed by atoms with Crippen LogP contribution in [0, 0.1) is 0 Å². The van der Waals surface area contributed by atoms with Crippen LogP contribution in [0.3, 0.4) is 0 Å². The highest BCUT2D eigenvalue weighted by molar-refractivity contribution is 6.05. The zero-order chi connectivity index (χ0) is 23.8. The van der Waals surface area contributed by atoms with E-state index in [9.17, 15) is 9.59 Å². The summed E-state index contributed by atoms with van der Waals surface area (Å²) in [5.41, 5.74) is 2.82. The maximum Gasteiger partial charge on any atom is 0.258 e. The summed E-state index contributed by atoms with van der Waals surface area (Å²) in [5, 5.41) is 5.95. The van der Waals surface area contributed by atoms with Gasteiger partial charge in [0.05, 0.1) is 12.6 Å². The second-order valence-corrected chi connectivity index (χ2v) is 8.15. The molecule has 4 rings (SSSR count). The third kappa shape index (κ3) is 6.36. The summed E-state index contributed by atoms with van der Waals surface area (Å²) in [6.45, 7) is 1.40. The molecular formula is C27H29N3O4. The van der Waals surface area contributed by atoms with Crippen LogP contribution in [0.1, 0.15) is 23.2 Å². The number of nitrogens with one attached hydrogen (secondary N) is 2. The van der Waals surface area contributed by atoms with Crippen LogP contribution >= 0.6 is 0 Å². The van der Waals surface area contributed by atoms with Crippen LogP contribution < -0.4 is 20.3 Å². The molecule has 2 amide bonds. The van der Waals surface area contributed by atoms with Crippen molar-refractivity contribution in [3.63, 3.8) is 0 Å². The van der Waals surface area contributed by atoms with E-state index in [4.69, 9.17) is 9.47 Å². The minimum absolute atomic E-state index is 0.0954. The minimum Gasteiger partial charge on any atom is -0.491 e. The fourth-order valence-corrected chi connectivity index (χ4v) is 3.71. The molecule has 3 aromatic rings. The molecule has 7 nitrogen and oxygen atoms in total. The molecular weight excluding hydrogens is 430 g/mol. The van der Waals surface area contributed by atoms with Crippen molar-refractivity contribution < 1.29 is 19.1 Å². The Hall–Kier alpha value is -3.84. The lowest BCUT2D eigenvalue weighted by molar-refractivity contribution is -0.114. The quantitative estimate of drug-likeness (QED) is 0.490. The van der Waals surface area contributed by atoms with Crippen LogP contribution in [0.25, 0.3) is 0 Å². The molecule has 176 valence electrons. The first-order chi connectivity index (χ1) is 16.6. The van der Waals surface area contributed by atoms with Crippen LogP contribution in [0.2, 0.25) is 0 Å². The van der Waals surface area contributed by atoms with Gasteiger partial charge in [0.1, 0.15) is 12.4 Å². The van der Waals surface area contributed by atoms with Crippen LogP contribution in [0.4, 0.5) is 17.1 Å². The van der Waals surface area contributed by atoms with Gasteiger partial charge in [0, 0.05) is 42.3 Å². The highest BCUT2D eigenvalue weighted by atomic mass is 16.5. The lowest BCUT2D eigenvalue weighted by Gasteiger charge is -2.17. The molecule has 0 spiro atoms. The smallest absolute Gasteiger partial charge is 0.258 e. The maximum atomic E-state index is 12.7. The Labute approximate surface area is 199 Å². The molecule has 3 aromatic carbocycles. The Kier molecular flexibility index (Phi) is 7.78. The van der Waals surface area contributed by atoms with Crippen molar-refractivity contribution in [2.24, 2.45) is 0 Å². The molecule has 1 fully saturated rings. The van der Waals surface area contributed by atoms with Gasteiger partial charge in [-0.2, -0.15) is 0 Å². The van der Waals surface area contributed by atoms with Crippen molar-refractivity contribution in [2.45, 2.75) is 18.9 Å². The normalized spacial score (nSPS) is 14.9. The zero-order valence-electron chi connectivity index (χ0n) is 19.2. The SMILES string of the molecule is CN(C(=O)c1ccc(NCC(=O)Nc2cccc(OCC3CCCO3)c2)cc1)c1ccccc1. The van der Waals surface area contributed by atoms with E-state index in [1.54, 1.807) is 42.3 Å². The van der Waals surface area contributed by atoms with Crippen LogP contribution in [-0.4, -0.2) is 44.7 Å². The molecule has 0 bridgehead atoms. The summed E-state index contributed by atoms with van der Waals surface area (Å²) < 4.78 is 11.4. The number of hydrogen-bond acceptors (Lipinski definition) is 5. The predicted octanol–water partition coefficient (Wildman–Crippen LogP) is 4.57. The van der Waals surface area contributed by atoms with Gasteiger partial charge in [0.2, 0.25) is 5.91 Å². The second kappa shape index (κ2) is 11.3. The first-order valence-electron chi connectivity index (χ1n) is 11.4. The van der Waals surface area contributed by atoms with Crippen molar-refractivity contribution in [2.75, 3.05) is 42.3 Å². The van der Waals surface area contributed by atoms with Gasteiger partial charge in [-0.3, -0.25) is 9.59 Å². The van der Waals surface area contributed by atoms with Gasteiger partial charge >= 0.3 is 0 Å². The fourth-order valence-electron chi connectivity index (χ4n) is 3.71. The molecule has 0 aromatic heterocycles. The topological polar surface area (TPSA) is 79.9 Å². The highest BCUT2D eigenvalue weighted by Gasteiger charge is 2.16. The lowest BCUT2D eigenvalue weighted by atomic mass is 10.1. The van der Waals surface area contributed by atoms with E-state index < -0.39 is 0 Å². The molecule has 1 aliphatic heterocycles. The van der Waals surface area contributed by atoms with E-state index in [1.165, 1.54) is 0 Å². The van der Waals surface area contributed by atoms with Crippen LogP contribution in [0.15, 0.2) is 78.9 Å². The fraction of sp³-hybridized carbons (Fsp3) is 0.259. The van der Waals surface area contributed by atoms with Gasteiger partial charge in [0.15, 0.2) is 0 Å². The first-order valence-corrected chi connectivity index (χ1v) is 11.4. The summed E-state index contributed by atoms with van der Waals surface area (Å²) in [4.78, 5) is 26.7. The van der Waals surface area contributed by atoms with Gasteiger partial charge in [-0.1, -0.05) is 24.3 Å². The van der Waals surface area contributed by atoms with Gasteiger partial charge in [0.25, 0.3) is 5.91 Å². The number of carbonyl (C=O) groups excluding carboxylic acids is 2. The summed E-state index contributed by atoms with van der Waals surface area (Å²) in [5.74, 6) is 0.416. The minimum atomic E-state index is -0.180. The molecule has 0 saturated carbocycles. The van der Waals surface area contributed by atoms with E-state index in [-0.39, 0.29) is 24.5 Å². The zero-order valence-corrected chi connectivity index (χ0v) is 19.2. The van der Waals surface area contributed by atoms with E-state index in [2.05, 4.69) is 10.6 Å². The van der Waals surface area contributed by atoms with Gasteiger partial charge in [-0.25, -0.2) is 0 Å². The van der Waals surface area contributed by atoms with E-state index in [1.807, 2.05) is 48.5 Å². The molecule has 1 aliphatic rings. The Morgan fingerprint density at radius 1 is 1.00 bits per heavy atom. The van der Waals surface area contributed by atoms with E-state index in [0.29, 0.717) is 23.6 Å². The molecule has 1 saturated heterocycles. The number of para-hydroxylation sites is 1. The molecule has 1 unspecified atom stereocenters. The predicted molar refractivity (Wildman–Crippen MR) is 134 cm³/mol. The van der Waals surface area contributed by atoms with Gasteiger partial charge in [-0.15, -0.1) is 0 Å². The Balaban J connectivity index is 1.25. The van der Waals surface area contributed by atoms with Crippen molar-refractivity contribution in [3.05, 3.63) is 84.4 Å². The first kappa shape index (κ1) is 23.3. The standard InChI is InChI=1S/C27H29N3O4/c1-30(23-8-3-2-4-9-23)27(32)20-12-14-21(15-13-20)28-18-26(31)29-22-7-5-10-24(17-22)34-19-25-11-6-16-33-25/h2-5,7-10,12-15,17,25,28H,6,11,16,18-19H2,1H3,(H,29,31). The Morgan fingerprint density at radius 3 is 2.53 bits per heavy atom. The van der Waals surface area contributed by atoms with Gasteiger partial charge < -0.3 is 25.0 Å². The summed E-state index contributed by atoms with van der Waals surface area (Å²) in [6.07, 6.45) is 2.23. The van der Waals surface area contributed by atoms with Crippen LogP contribution in [0.5, 0.6) is 5.75 Å². The number of hydrogen-bond donors (Lipinski definition) is 2. The van der Waals surface area contributed by atoms with Crippen molar-refractivity contribution >= 4 is 28.9 Å². The molecule has 7 heteroatoms. The van der Waals surface area contributed by atoms with E-state index in [0.717, 1.165) is 30.8 Å². The summed E-state index contributed by atoms with van der Waals surface area (Å²) in [7, 11) is 1.75. The second-order valence-electron chi connectivity index (χ2n) is 8.15. The molecule has 0 aliphatic carbocycles. The molecule has 0 radical (unpaired) electrons. The molecule has 1 heterocycles. The number of nitrogens with zero attached hydrogens (tertiary/aromatic N) is 1. The van der Waals surface area contributed by atoms with E-state index >= 15 is 0 Å². The summed E-state index contributed by atoms with van der Waals surface area (Å²) in [6, 6.07) is 23.9. The summed E-state index contributed by atoms with van der Waals surface area (Å²) >= 11 is 0. The number of rotatable bonds is 9. The number of benzene rings is 3.